The van der Waals surface area contributed by atoms with E-state index in [1.54, 1.807) is 12.1 Å². The summed E-state index contributed by atoms with van der Waals surface area (Å²) in [4.78, 5) is 14.0. The van der Waals surface area contributed by atoms with Gasteiger partial charge in [0.1, 0.15) is 5.82 Å². The van der Waals surface area contributed by atoms with E-state index in [9.17, 15) is 4.79 Å². The van der Waals surface area contributed by atoms with Gasteiger partial charge in [0.25, 0.3) is 0 Å². The molecule has 0 aliphatic heterocycles. The predicted molar refractivity (Wildman–Crippen MR) is 47.3 cm³/mol. The molecule has 0 radical (unpaired) electrons. The van der Waals surface area contributed by atoms with Crippen LogP contribution in [0.1, 0.15) is 1.43 Å². The summed E-state index contributed by atoms with van der Waals surface area (Å²) in [6.45, 7) is 0. The molecular weight excluding hydrogens is 185 g/mol. The number of nitrogens with two attached hydrogens (primary N) is 1. The fraction of sp³-hybridized carbons (Fsp3) is 0. The fourth-order valence-electron chi connectivity index (χ4n) is 0.594. The van der Waals surface area contributed by atoms with Crippen LogP contribution in [0.25, 0.3) is 0 Å². The number of carbonyl (C=O) groups is 1. The average Bonchev–Trinajstić information content (AvgIpc) is 2.05. The zero-order valence-electron chi connectivity index (χ0n) is 7.64. The molecule has 0 aliphatic carbocycles. The first-order valence-corrected chi connectivity index (χ1v) is 3.29. The van der Waals surface area contributed by atoms with E-state index in [0.717, 1.165) is 4.31 Å². The maximum Gasteiger partial charge on any atom is 1.00 e. The zero-order chi connectivity index (χ0) is 8.27. The predicted octanol–water partition coefficient (Wildman–Crippen LogP) is -2.41. The van der Waals surface area contributed by atoms with Gasteiger partial charge in [-0.15, -0.1) is 0 Å². The monoisotopic (exact) mass is 193 g/mol. The summed E-state index contributed by atoms with van der Waals surface area (Å²) >= 11 is 3.84. The van der Waals surface area contributed by atoms with E-state index >= 15 is 0 Å². The molecule has 60 valence electrons. The molecule has 0 fully saturated rings. The first kappa shape index (κ1) is 11.8. The normalized spacial score (nSPS) is 8.42. The third kappa shape index (κ3) is 3.02. The van der Waals surface area contributed by atoms with Crippen LogP contribution in [0, 0.1) is 0 Å². The number of hydrogen-bond donors (Lipinski definition) is 2. The van der Waals surface area contributed by atoms with Crippen LogP contribution in [0.5, 0.6) is 0 Å². The Morgan fingerprint density at radius 1 is 1.67 bits per heavy atom. The smallest absolute Gasteiger partial charge is 1.00 e. The number of pyridine rings is 1. The van der Waals surface area contributed by atoms with Crippen LogP contribution >= 0.6 is 12.8 Å². The van der Waals surface area contributed by atoms with Crippen molar-refractivity contribution in [1.82, 2.24) is 4.98 Å². The second-order valence-electron chi connectivity index (χ2n) is 1.89. The second kappa shape index (κ2) is 5.42. The first-order chi connectivity index (χ1) is 5.24. The molecule has 1 amide bonds. The van der Waals surface area contributed by atoms with Crippen LogP contribution in [0.15, 0.2) is 18.3 Å². The number of anilines is 2. The van der Waals surface area contributed by atoms with Crippen molar-refractivity contribution in [3.8, 4) is 0 Å². The average molecular weight is 193 g/mol. The van der Waals surface area contributed by atoms with Gasteiger partial charge >= 0.3 is 29.6 Å². The third-order valence-corrected chi connectivity index (χ3v) is 1.46. The number of hydrogen-bond acceptors (Lipinski definition) is 4. The Morgan fingerprint density at radius 3 is 2.75 bits per heavy atom. The molecule has 1 heterocycles. The quantitative estimate of drug-likeness (QED) is 0.312. The minimum atomic E-state index is 0. The fourth-order valence-corrected chi connectivity index (χ4v) is 0.712. The van der Waals surface area contributed by atoms with E-state index in [4.69, 9.17) is 5.73 Å². The van der Waals surface area contributed by atoms with Crippen molar-refractivity contribution in [2.24, 2.45) is 0 Å². The van der Waals surface area contributed by atoms with Crippen LogP contribution in [-0.2, 0) is 4.79 Å². The van der Waals surface area contributed by atoms with Crippen LogP contribution in [0.3, 0.4) is 0 Å². The zero-order valence-corrected chi connectivity index (χ0v) is 9.53. The van der Waals surface area contributed by atoms with Gasteiger partial charge in [-0.2, -0.15) is 0 Å². The Labute approximate surface area is 99.5 Å². The topological polar surface area (TPSA) is 59.2 Å². The van der Waals surface area contributed by atoms with E-state index in [0.29, 0.717) is 17.9 Å². The van der Waals surface area contributed by atoms with E-state index < -0.39 is 0 Å². The summed E-state index contributed by atoms with van der Waals surface area (Å²) in [5, 5.41) is 0. The van der Waals surface area contributed by atoms with Crippen LogP contribution in [0.4, 0.5) is 11.5 Å². The van der Waals surface area contributed by atoms with Crippen molar-refractivity contribution in [2.75, 3.05) is 10.0 Å². The molecule has 0 saturated heterocycles. The second-order valence-corrected chi connectivity index (χ2v) is 2.32. The van der Waals surface area contributed by atoms with Crippen molar-refractivity contribution < 1.29 is 35.8 Å². The number of nitrogens with zero attached hydrogens (tertiary/aromatic N) is 2. The molecular formula is C6H8N3NaOS. The number of nitrogen functional groups attached to an aromatic ring is 1. The van der Waals surface area contributed by atoms with Crippen LogP contribution in [0.2, 0.25) is 0 Å². The summed E-state index contributed by atoms with van der Waals surface area (Å²) < 4.78 is 1.12. The SMILES string of the molecule is Nc1ccc(N(S)C=O)cn1.[H-].[Na+]. The molecule has 0 unspecified atom stereocenters. The third-order valence-electron chi connectivity index (χ3n) is 1.14. The van der Waals surface area contributed by atoms with Gasteiger partial charge in [-0.3, -0.25) is 9.10 Å². The number of amides is 1. The van der Waals surface area contributed by atoms with Crippen molar-refractivity contribution in [3.63, 3.8) is 0 Å². The first-order valence-electron chi connectivity index (χ1n) is 2.89. The van der Waals surface area contributed by atoms with Crippen molar-refractivity contribution >= 4 is 30.7 Å². The number of aromatic nitrogens is 1. The molecule has 2 N–H and O–H groups in total. The Bertz CT molecular complexity index is 259. The van der Waals surface area contributed by atoms with Gasteiger partial charge in [-0.1, -0.05) is 12.8 Å². The Kier molecular flexibility index (Phi) is 5.32. The van der Waals surface area contributed by atoms with E-state index in [2.05, 4.69) is 17.8 Å². The summed E-state index contributed by atoms with van der Waals surface area (Å²) in [5.41, 5.74) is 5.92. The Morgan fingerprint density at radius 2 is 2.33 bits per heavy atom. The van der Waals surface area contributed by atoms with Gasteiger partial charge in [0.2, 0.25) is 6.41 Å². The van der Waals surface area contributed by atoms with E-state index in [1.165, 1.54) is 6.20 Å². The number of carbonyl (C=O) groups excluding carboxylic acids is 1. The maximum absolute atomic E-state index is 10.2. The minimum absolute atomic E-state index is 0. The maximum atomic E-state index is 10.2. The Hall–Kier alpha value is -0.230. The standard InChI is InChI=1S/C6H7N3OS.Na.H/c7-6-2-1-5(3-8-6)9(11)4-10;;/h1-4,11H,(H2,7,8);;/q;+1;-1. The van der Waals surface area contributed by atoms with Gasteiger partial charge < -0.3 is 7.16 Å². The van der Waals surface area contributed by atoms with Gasteiger partial charge in [0, 0.05) is 0 Å². The van der Waals surface area contributed by atoms with Crippen LogP contribution < -0.4 is 39.6 Å². The number of rotatable bonds is 2. The van der Waals surface area contributed by atoms with E-state index in [-0.39, 0.29) is 31.0 Å². The molecule has 6 heteroatoms. The summed E-state index contributed by atoms with van der Waals surface area (Å²) in [5.74, 6) is 0.418. The molecule has 1 aromatic heterocycles. The molecule has 0 aliphatic rings. The summed E-state index contributed by atoms with van der Waals surface area (Å²) in [6.07, 6.45) is 2.05. The molecule has 0 spiro atoms. The van der Waals surface area contributed by atoms with Gasteiger partial charge in [0.05, 0.1) is 11.9 Å². The minimum Gasteiger partial charge on any atom is -1.00 e. The molecule has 0 saturated carbocycles. The van der Waals surface area contributed by atoms with Crippen molar-refractivity contribution in [1.29, 1.82) is 0 Å². The van der Waals surface area contributed by atoms with Crippen molar-refractivity contribution in [2.45, 2.75) is 0 Å². The number of thiol groups is 1. The van der Waals surface area contributed by atoms with Crippen LogP contribution in [-0.4, -0.2) is 11.4 Å². The molecule has 4 nitrogen and oxygen atoms in total. The molecule has 1 aromatic rings. The van der Waals surface area contributed by atoms with Crippen molar-refractivity contribution in [3.05, 3.63) is 18.3 Å². The summed E-state index contributed by atoms with van der Waals surface area (Å²) in [6, 6.07) is 3.26. The molecule has 1 rings (SSSR count). The molecule has 12 heavy (non-hydrogen) atoms. The largest absolute Gasteiger partial charge is 1.00 e. The molecule has 0 atom stereocenters. The van der Waals surface area contributed by atoms with Gasteiger partial charge in [-0.05, 0) is 12.1 Å². The van der Waals surface area contributed by atoms with E-state index in [1.807, 2.05) is 0 Å². The molecule has 0 aromatic carbocycles. The summed E-state index contributed by atoms with van der Waals surface area (Å²) in [7, 11) is 0. The Balaban J connectivity index is 0. The molecule has 0 bridgehead atoms. The van der Waals surface area contributed by atoms with Gasteiger partial charge in [-0.25, -0.2) is 4.98 Å². The van der Waals surface area contributed by atoms with Gasteiger partial charge in [0.15, 0.2) is 0 Å².